The highest BCUT2D eigenvalue weighted by Gasteiger charge is 2.41. The Morgan fingerprint density at radius 3 is 2.42 bits per heavy atom. The molecule has 0 radical (unpaired) electrons. The van der Waals surface area contributed by atoms with Crippen molar-refractivity contribution in [3.8, 4) is 5.69 Å². The minimum atomic E-state index is -0.0531. The Morgan fingerprint density at radius 2 is 1.70 bits per heavy atom. The molecule has 1 aliphatic rings. The zero-order valence-electron chi connectivity index (χ0n) is 18.6. The molecule has 1 fully saturated rings. The predicted molar refractivity (Wildman–Crippen MR) is 138 cm³/mol. The maximum atomic E-state index is 6.58. The maximum absolute atomic E-state index is 6.58. The Balaban J connectivity index is 1.63. The van der Waals surface area contributed by atoms with Crippen molar-refractivity contribution in [2.24, 2.45) is 0 Å². The standard InChI is InChI=1S/C27H25ClN4S/c1-18-16-21(19(2)32(18)24-14-7-6-12-22(24)28)26-25(23-13-8-9-15-29-23)30-27(33)31(26)17-20-10-4-3-5-11-20/h3-16,25-26H,17H2,1-2H3,(H,30,33)/t25-,26-/m1/s1. The third-order valence-electron chi connectivity index (χ3n) is 6.28. The number of thiocarbonyl (C=S) groups is 1. The number of rotatable bonds is 5. The Morgan fingerprint density at radius 1 is 0.970 bits per heavy atom. The lowest BCUT2D eigenvalue weighted by molar-refractivity contribution is 0.310. The number of hydrogen-bond donors (Lipinski definition) is 1. The summed E-state index contributed by atoms with van der Waals surface area (Å²) in [5.41, 5.74) is 6.67. The highest BCUT2D eigenvalue weighted by atomic mass is 35.5. The van der Waals surface area contributed by atoms with Gasteiger partial charge in [-0.2, -0.15) is 0 Å². The van der Waals surface area contributed by atoms with Crippen molar-refractivity contribution < 1.29 is 0 Å². The second-order valence-electron chi connectivity index (χ2n) is 8.35. The first-order valence-electron chi connectivity index (χ1n) is 11.0. The summed E-state index contributed by atoms with van der Waals surface area (Å²) in [6.45, 7) is 5.00. The average molecular weight is 473 g/mol. The van der Waals surface area contributed by atoms with Crippen LogP contribution in [-0.4, -0.2) is 19.6 Å². The van der Waals surface area contributed by atoms with Crippen LogP contribution < -0.4 is 5.32 Å². The van der Waals surface area contributed by atoms with Crippen LogP contribution >= 0.6 is 23.8 Å². The lowest BCUT2D eigenvalue weighted by Gasteiger charge is -2.28. The SMILES string of the molecule is Cc1cc([C@@H]2[C@@H](c3ccccn3)NC(=S)N2Cc2ccccc2)c(C)n1-c1ccccc1Cl. The normalized spacial score (nSPS) is 17.9. The molecule has 3 heterocycles. The van der Waals surface area contributed by atoms with Crippen molar-refractivity contribution >= 4 is 28.9 Å². The van der Waals surface area contributed by atoms with E-state index in [1.807, 2.05) is 42.6 Å². The van der Waals surface area contributed by atoms with Gasteiger partial charge in [-0.25, -0.2) is 0 Å². The second-order valence-corrected chi connectivity index (χ2v) is 9.15. The summed E-state index contributed by atoms with van der Waals surface area (Å²) in [6, 6.07) is 26.6. The van der Waals surface area contributed by atoms with Gasteiger partial charge in [-0.15, -0.1) is 0 Å². The molecule has 1 N–H and O–H groups in total. The van der Waals surface area contributed by atoms with Crippen LogP contribution in [0.1, 0.15) is 40.3 Å². The molecule has 4 aromatic rings. The summed E-state index contributed by atoms with van der Waals surface area (Å²) in [5.74, 6) is 0. The first kappa shape index (κ1) is 21.7. The van der Waals surface area contributed by atoms with Crippen LogP contribution in [-0.2, 0) is 6.54 Å². The van der Waals surface area contributed by atoms with E-state index in [9.17, 15) is 0 Å². The van der Waals surface area contributed by atoms with Crippen molar-refractivity contribution in [1.29, 1.82) is 0 Å². The maximum Gasteiger partial charge on any atom is 0.170 e. The van der Waals surface area contributed by atoms with E-state index in [0.717, 1.165) is 39.4 Å². The number of nitrogens with one attached hydrogen (secondary N) is 1. The number of para-hydroxylation sites is 1. The number of pyridine rings is 1. The summed E-state index contributed by atoms with van der Waals surface area (Å²) in [7, 11) is 0. The van der Waals surface area contributed by atoms with Gasteiger partial charge in [0, 0.05) is 24.1 Å². The van der Waals surface area contributed by atoms with Gasteiger partial charge in [-0.05, 0) is 67.5 Å². The molecular weight excluding hydrogens is 448 g/mol. The Kier molecular flexibility index (Phi) is 5.92. The molecule has 2 aromatic carbocycles. The first-order valence-corrected chi connectivity index (χ1v) is 11.8. The van der Waals surface area contributed by atoms with Crippen LogP contribution in [0.5, 0.6) is 0 Å². The van der Waals surface area contributed by atoms with E-state index in [1.165, 1.54) is 11.1 Å². The van der Waals surface area contributed by atoms with Crippen LogP contribution in [0.4, 0.5) is 0 Å². The minimum Gasteiger partial charge on any atom is -0.352 e. The second kappa shape index (κ2) is 9.00. The van der Waals surface area contributed by atoms with Gasteiger partial charge in [0.05, 0.1) is 28.5 Å². The molecule has 6 heteroatoms. The van der Waals surface area contributed by atoms with Crippen molar-refractivity contribution in [3.05, 3.63) is 118 Å². The fourth-order valence-corrected chi connectivity index (χ4v) is 5.31. The van der Waals surface area contributed by atoms with Gasteiger partial charge in [-0.1, -0.05) is 60.1 Å². The molecule has 0 amide bonds. The molecule has 1 saturated heterocycles. The van der Waals surface area contributed by atoms with E-state index in [2.05, 4.69) is 76.1 Å². The van der Waals surface area contributed by atoms with Gasteiger partial charge in [0.25, 0.3) is 0 Å². The van der Waals surface area contributed by atoms with Crippen molar-refractivity contribution in [3.63, 3.8) is 0 Å². The molecule has 0 spiro atoms. The first-order chi connectivity index (χ1) is 16.0. The number of aryl methyl sites for hydroxylation is 1. The summed E-state index contributed by atoms with van der Waals surface area (Å²) in [4.78, 5) is 6.95. The van der Waals surface area contributed by atoms with Gasteiger partial charge < -0.3 is 14.8 Å². The molecule has 4 nitrogen and oxygen atoms in total. The topological polar surface area (TPSA) is 33.1 Å². The monoisotopic (exact) mass is 472 g/mol. The van der Waals surface area contributed by atoms with Crippen LogP contribution in [0.3, 0.4) is 0 Å². The number of halogens is 1. The van der Waals surface area contributed by atoms with E-state index >= 15 is 0 Å². The molecule has 2 aromatic heterocycles. The number of benzene rings is 2. The largest absolute Gasteiger partial charge is 0.352 e. The van der Waals surface area contributed by atoms with Gasteiger partial charge >= 0.3 is 0 Å². The molecule has 2 atom stereocenters. The molecular formula is C27H25ClN4S. The van der Waals surface area contributed by atoms with Gasteiger partial charge in [0.1, 0.15) is 0 Å². The highest BCUT2D eigenvalue weighted by Crippen LogP contribution is 2.42. The van der Waals surface area contributed by atoms with E-state index < -0.39 is 0 Å². The third-order valence-corrected chi connectivity index (χ3v) is 6.95. The van der Waals surface area contributed by atoms with E-state index in [0.29, 0.717) is 0 Å². The van der Waals surface area contributed by atoms with Gasteiger partial charge in [0.15, 0.2) is 5.11 Å². The van der Waals surface area contributed by atoms with Gasteiger partial charge in [0.2, 0.25) is 0 Å². The molecule has 33 heavy (non-hydrogen) atoms. The van der Waals surface area contributed by atoms with Crippen LogP contribution in [0.15, 0.2) is 85.1 Å². The van der Waals surface area contributed by atoms with E-state index in [-0.39, 0.29) is 12.1 Å². The summed E-state index contributed by atoms with van der Waals surface area (Å²) >= 11 is 12.4. The zero-order valence-corrected chi connectivity index (χ0v) is 20.1. The lowest BCUT2D eigenvalue weighted by Crippen LogP contribution is -2.29. The van der Waals surface area contributed by atoms with E-state index in [4.69, 9.17) is 23.8 Å². The number of hydrogen-bond acceptors (Lipinski definition) is 2. The van der Waals surface area contributed by atoms with E-state index in [1.54, 1.807) is 0 Å². The third kappa shape index (κ3) is 4.03. The fraction of sp³-hybridized carbons (Fsp3) is 0.185. The van der Waals surface area contributed by atoms with Crippen molar-refractivity contribution in [2.45, 2.75) is 32.5 Å². The van der Waals surface area contributed by atoms with Crippen molar-refractivity contribution in [2.75, 3.05) is 0 Å². The molecule has 0 unspecified atom stereocenters. The van der Waals surface area contributed by atoms with Gasteiger partial charge in [-0.3, -0.25) is 4.98 Å². The van der Waals surface area contributed by atoms with Crippen LogP contribution in [0.2, 0.25) is 5.02 Å². The summed E-state index contributed by atoms with van der Waals surface area (Å²) in [5, 5.41) is 5.02. The molecule has 0 saturated carbocycles. The highest BCUT2D eigenvalue weighted by molar-refractivity contribution is 7.80. The zero-order chi connectivity index (χ0) is 22.9. The number of aromatic nitrogens is 2. The Hall–Kier alpha value is -3.15. The van der Waals surface area contributed by atoms with Crippen LogP contribution in [0, 0.1) is 13.8 Å². The predicted octanol–water partition coefficient (Wildman–Crippen LogP) is 6.32. The summed E-state index contributed by atoms with van der Waals surface area (Å²) in [6.07, 6.45) is 1.84. The summed E-state index contributed by atoms with van der Waals surface area (Å²) < 4.78 is 2.23. The molecule has 5 rings (SSSR count). The smallest absolute Gasteiger partial charge is 0.170 e. The lowest BCUT2D eigenvalue weighted by atomic mass is 9.96. The Bertz CT molecular complexity index is 1290. The van der Waals surface area contributed by atoms with Crippen LogP contribution in [0.25, 0.3) is 5.69 Å². The molecule has 0 aliphatic carbocycles. The molecule has 0 bridgehead atoms. The minimum absolute atomic E-state index is 0.00459. The number of nitrogens with zero attached hydrogens (tertiary/aromatic N) is 3. The fourth-order valence-electron chi connectivity index (χ4n) is 4.79. The molecule has 166 valence electrons. The quantitative estimate of drug-likeness (QED) is 0.345. The Labute approximate surface area is 204 Å². The van der Waals surface area contributed by atoms with Crippen molar-refractivity contribution in [1.82, 2.24) is 19.8 Å². The average Bonchev–Trinajstić information content (AvgIpc) is 3.30. The molecule has 1 aliphatic heterocycles.